The molecule has 0 aliphatic carbocycles. The van der Waals surface area contributed by atoms with Crippen LogP contribution in [-0.4, -0.2) is 51.2 Å². The van der Waals surface area contributed by atoms with Crippen LogP contribution in [0.2, 0.25) is 0 Å². The molecule has 5 heteroatoms. The summed E-state index contributed by atoms with van der Waals surface area (Å²) in [5.74, 6) is 0. The van der Waals surface area contributed by atoms with Crippen LogP contribution in [0.3, 0.4) is 0 Å². The van der Waals surface area contributed by atoms with Gasteiger partial charge in [-0.2, -0.15) is 5.10 Å². The van der Waals surface area contributed by atoms with Crippen LogP contribution in [0.4, 0.5) is 0 Å². The van der Waals surface area contributed by atoms with Gasteiger partial charge < -0.3 is 9.84 Å². The molecule has 2 atom stereocenters. The highest BCUT2D eigenvalue weighted by Gasteiger charge is 2.45. The summed E-state index contributed by atoms with van der Waals surface area (Å²) in [6.07, 6.45) is 4.50. The molecule has 1 aromatic rings. The zero-order chi connectivity index (χ0) is 12.6. The molecule has 2 aliphatic rings. The lowest BCUT2D eigenvalue weighted by Gasteiger charge is -2.43. The molecule has 2 saturated heterocycles. The van der Waals surface area contributed by atoms with Crippen molar-refractivity contribution in [3.8, 4) is 0 Å². The largest absolute Gasteiger partial charge is 0.390 e. The van der Waals surface area contributed by atoms with E-state index in [-0.39, 0.29) is 11.7 Å². The Morgan fingerprint density at radius 1 is 1.61 bits per heavy atom. The van der Waals surface area contributed by atoms with Gasteiger partial charge in [0.15, 0.2) is 0 Å². The topological polar surface area (TPSA) is 50.5 Å². The smallest absolute Gasteiger partial charge is 0.107 e. The molecular weight excluding hydrogens is 230 g/mol. The Kier molecular flexibility index (Phi) is 3.13. The molecule has 1 spiro atoms. The summed E-state index contributed by atoms with van der Waals surface area (Å²) in [6.45, 7) is 3.38. The number of nitrogens with zero attached hydrogens (tertiary/aromatic N) is 3. The zero-order valence-corrected chi connectivity index (χ0v) is 10.9. The Morgan fingerprint density at radius 3 is 3.17 bits per heavy atom. The highest BCUT2D eigenvalue weighted by molar-refractivity contribution is 5.03. The van der Waals surface area contributed by atoms with E-state index in [1.54, 1.807) is 0 Å². The third kappa shape index (κ3) is 2.18. The predicted octanol–water partition coefficient (Wildman–Crippen LogP) is 0.536. The number of hydrogen-bond donors (Lipinski definition) is 1. The van der Waals surface area contributed by atoms with Crippen LogP contribution >= 0.6 is 0 Å². The third-order valence-electron chi connectivity index (χ3n) is 4.11. The molecule has 0 saturated carbocycles. The van der Waals surface area contributed by atoms with E-state index in [1.807, 2.05) is 24.0 Å². The summed E-state index contributed by atoms with van der Waals surface area (Å²) in [6, 6.07) is 2.05. The molecule has 2 fully saturated rings. The van der Waals surface area contributed by atoms with Gasteiger partial charge in [-0.25, -0.2) is 0 Å². The van der Waals surface area contributed by atoms with E-state index >= 15 is 0 Å². The molecule has 18 heavy (non-hydrogen) atoms. The maximum Gasteiger partial charge on any atom is 0.107 e. The third-order valence-corrected chi connectivity index (χ3v) is 4.11. The Bertz CT molecular complexity index is 412. The first-order valence-electron chi connectivity index (χ1n) is 6.71. The highest BCUT2D eigenvalue weighted by Crippen LogP contribution is 2.35. The second-order valence-electron chi connectivity index (χ2n) is 5.51. The lowest BCUT2D eigenvalue weighted by atomic mass is 9.87. The summed E-state index contributed by atoms with van der Waals surface area (Å²) in [5, 5.41) is 14.6. The summed E-state index contributed by atoms with van der Waals surface area (Å²) >= 11 is 0. The summed E-state index contributed by atoms with van der Waals surface area (Å²) in [7, 11) is 1.94. The number of aryl methyl sites for hydroxylation is 1. The molecule has 1 aromatic heterocycles. The zero-order valence-electron chi connectivity index (χ0n) is 10.9. The first-order chi connectivity index (χ1) is 8.68. The van der Waals surface area contributed by atoms with Crippen molar-refractivity contribution in [2.75, 3.05) is 19.7 Å². The predicted molar refractivity (Wildman–Crippen MR) is 67.0 cm³/mol. The van der Waals surface area contributed by atoms with E-state index in [9.17, 15) is 5.11 Å². The van der Waals surface area contributed by atoms with Crippen molar-refractivity contribution in [2.24, 2.45) is 7.05 Å². The second-order valence-corrected chi connectivity index (χ2v) is 5.51. The van der Waals surface area contributed by atoms with Crippen molar-refractivity contribution in [1.82, 2.24) is 14.7 Å². The molecule has 0 aromatic carbocycles. The lowest BCUT2D eigenvalue weighted by molar-refractivity contribution is -0.132. The van der Waals surface area contributed by atoms with Gasteiger partial charge in [-0.1, -0.05) is 0 Å². The molecule has 100 valence electrons. The fourth-order valence-electron chi connectivity index (χ4n) is 3.15. The highest BCUT2D eigenvalue weighted by atomic mass is 16.5. The summed E-state index contributed by atoms with van der Waals surface area (Å²) in [5.41, 5.74) is 0.773. The minimum absolute atomic E-state index is 0.306. The van der Waals surface area contributed by atoms with E-state index in [4.69, 9.17) is 4.74 Å². The van der Waals surface area contributed by atoms with Gasteiger partial charge in [-0.05, 0) is 25.3 Å². The van der Waals surface area contributed by atoms with Gasteiger partial charge in [0.25, 0.3) is 0 Å². The van der Waals surface area contributed by atoms with E-state index in [2.05, 4.69) is 10.00 Å². The minimum Gasteiger partial charge on any atom is -0.390 e. The van der Waals surface area contributed by atoms with Gasteiger partial charge in [0.1, 0.15) is 5.60 Å². The van der Waals surface area contributed by atoms with Gasteiger partial charge in [0, 0.05) is 39.5 Å². The molecule has 3 heterocycles. The fourth-order valence-corrected chi connectivity index (χ4v) is 3.15. The molecule has 3 rings (SSSR count). The average molecular weight is 251 g/mol. The van der Waals surface area contributed by atoms with Crippen LogP contribution in [0, 0.1) is 0 Å². The molecular formula is C13H21N3O2. The number of hydrogen-bond acceptors (Lipinski definition) is 4. The molecule has 1 N–H and O–H groups in total. The van der Waals surface area contributed by atoms with Crippen LogP contribution in [0.5, 0.6) is 0 Å². The summed E-state index contributed by atoms with van der Waals surface area (Å²) in [4.78, 5) is 2.35. The molecule has 0 amide bonds. The number of likely N-dealkylation sites (tertiary alicyclic amines) is 1. The Labute approximate surface area is 107 Å². The standard InChI is InChI=1S/C13H21N3O2/c1-15-6-3-11(14-15)9-16-7-4-12(17)13(10-16)5-2-8-18-13/h3,6,12,17H,2,4-5,7-10H2,1H3/t12-,13-/m0/s1. The van der Waals surface area contributed by atoms with E-state index in [0.717, 1.165) is 51.2 Å². The average Bonchev–Trinajstić information content (AvgIpc) is 2.95. The molecule has 0 bridgehead atoms. The fraction of sp³-hybridized carbons (Fsp3) is 0.769. The van der Waals surface area contributed by atoms with Crippen molar-refractivity contribution >= 4 is 0 Å². The van der Waals surface area contributed by atoms with Crippen LogP contribution < -0.4 is 0 Å². The number of aliphatic hydroxyl groups is 1. The summed E-state index contributed by atoms with van der Waals surface area (Å²) < 4.78 is 7.68. The molecule has 0 radical (unpaired) electrons. The van der Waals surface area contributed by atoms with Gasteiger partial charge >= 0.3 is 0 Å². The number of rotatable bonds is 2. The maximum atomic E-state index is 10.2. The van der Waals surface area contributed by atoms with E-state index < -0.39 is 0 Å². The van der Waals surface area contributed by atoms with Crippen molar-refractivity contribution in [2.45, 2.75) is 37.5 Å². The van der Waals surface area contributed by atoms with Gasteiger partial charge in [-0.3, -0.25) is 9.58 Å². The van der Waals surface area contributed by atoms with Gasteiger partial charge in [0.2, 0.25) is 0 Å². The normalized spacial score (nSPS) is 33.3. The van der Waals surface area contributed by atoms with Gasteiger partial charge in [-0.15, -0.1) is 0 Å². The van der Waals surface area contributed by atoms with Crippen molar-refractivity contribution < 1.29 is 9.84 Å². The van der Waals surface area contributed by atoms with E-state index in [1.165, 1.54) is 0 Å². The van der Waals surface area contributed by atoms with Crippen molar-refractivity contribution in [3.05, 3.63) is 18.0 Å². The van der Waals surface area contributed by atoms with Crippen LogP contribution in [0.25, 0.3) is 0 Å². The first kappa shape index (κ1) is 12.1. The number of aliphatic hydroxyl groups excluding tert-OH is 1. The molecule has 2 aliphatic heterocycles. The van der Waals surface area contributed by atoms with Crippen LogP contribution in [0.1, 0.15) is 25.0 Å². The monoisotopic (exact) mass is 251 g/mol. The number of piperidine rings is 1. The molecule has 5 nitrogen and oxygen atoms in total. The lowest BCUT2D eigenvalue weighted by Crippen LogP contribution is -2.56. The molecule has 0 unspecified atom stereocenters. The van der Waals surface area contributed by atoms with Crippen LogP contribution in [-0.2, 0) is 18.3 Å². The second kappa shape index (κ2) is 4.64. The van der Waals surface area contributed by atoms with Gasteiger partial charge in [0.05, 0.1) is 11.8 Å². The van der Waals surface area contributed by atoms with Crippen molar-refractivity contribution in [3.63, 3.8) is 0 Å². The first-order valence-corrected chi connectivity index (χ1v) is 6.71. The number of aromatic nitrogens is 2. The minimum atomic E-state index is -0.312. The number of ether oxygens (including phenoxy) is 1. The van der Waals surface area contributed by atoms with E-state index in [0.29, 0.717) is 0 Å². The quantitative estimate of drug-likeness (QED) is 0.833. The maximum absolute atomic E-state index is 10.2. The Hall–Kier alpha value is -0.910. The Balaban J connectivity index is 1.67. The SMILES string of the molecule is Cn1ccc(CN2CC[C@H](O)[C@]3(CCCO3)C2)n1. The van der Waals surface area contributed by atoms with Crippen molar-refractivity contribution in [1.29, 1.82) is 0 Å². The Morgan fingerprint density at radius 2 is 2.50 bits per heavy atom. The van der Waals surface area contributed by atoms with Crippen LogP contribution in [0.15, 0.2) is 12.3 Å².